The summed E-state index contributed by atoms with van der Waals surface area (Å²) in [4.78, 5) is 4.14. The number of hydrogen-bond acceptors (Lipinski definition) is 5. The van der Waals surface area contributed by atoms with E-state index in [4.69, 9.17) is 5.73 Å². The first kappa shape index (κ1) is 12.9. The third-order valence-corrected chi connectivity index (χ3v) is 4.72. The minimum Gasteiger partial charge on any atom is -0.326 e. The van der Waals surface area contributed by atoms with E-state index in [1.54, 1.807) is 5.38 Å². The summed E-state index contributed by atoms with van der Waals surface area (Å²) in [5.41, 5.74) is 5.31. The Morgan fingerprint density at radius 3 is 2.89 bits per heavy atom. The highest BCUT2D eigenvalue weighted by molar-refractivity contribution is 7.93. The molecule has 3 N–H and O–H groups in total. The first-order chi connectivity index (χ1) is 8.54. The molecule has 0 fully saturated rings. The van der Waals surface area contributed by atoms with E-state index in [1.165, 1.54) is 29.7 Å². The molecule has 0 aliphatic heterocycles. The van der Waals surface area contributed by atoms with Crippen LogP contribution in [0.2, 0.25) is 0 Å². The highest BCUT2D eigenvalue weighted by Crippen LogP contribution is 2.24. The number of nitrogens with two attached hydrogens (primary N) is 1. The van der Waals surface area contributed by atoms with Gasteiger partial charge in [-0.1, -0.05) is 0 Å². The van der Waals surface area contributed by atoms with E-state index < -0.39 is 15.8 Å². The van der Waals surface area contributed by atoms with Crippen LogP contribution in [0.5, 0.6) is 0 Å². The van der Waals surface area contributed by atoms with Gasteiger partial charge in [0.15, 0.2) is 5.82 Å². The monoisotopic (exact) mass is 287 g/mol. The van der Waals surface area contributed by atoms with Crippen molar-refractivity contribution in [2.75, 3.05) is 4.72 Å². The summed E-state index contributed by atoms with van der Waals surface area (Å²) in [7, 11) is -3.82. The Hall–Kier alpha value is -1.51. The second-order valence-corrected chi connectivity index (χ2v) is 6.02. The summed E-state index contributed by atoms with van der Waals surface area (Å²) in [5, 5.41) is 1.62. The molecule has 18 heavy (non-hydrogen) atoms. The van der Waals surface area contributed by atoms with Crippen LogP contribution in [0.1, 0.15) is 4.88 Å². The fourth-order valence-electron chi connectivity index (χ4n) is 1.37. The molecular formula is C10H10FN3O2S2. The van der Waals surface area contributed by atoms with Gasteiger partial charge in [-0.15, -0.1) is 11.3 Å². The van der Waals surface area contributed by atoms with Gasteiger partial charge in [0.25, 0.3) is 10.0 Å². The van der Waals surface area contributed by atoms with Crippen LogP contribution in [0.4, 0.5) is 10.1 Å². The standard InChI is InChI=1S/C10H10FN3O2S2/c11-7-6-13-3-1-8(7)14-18(15,16)10-2-4-17-9(10)5-12/h1-4,6H,5,12H2,(H,13,14). The summed E-state index contributed by atoms with van der Waals surface area (Å²) in [5.74, 6) is -0.731. The highest BCUT2D eigenvalue weighted by atomic mass is 32.2. The number of thiophene rings is 1. The van der Waals surface area contributed by atoms with Crippen LogP contribution in [0.15, 0.2) is 34.8 Å². The Morgan fingerprint density at radius 1 is 1.44 bits per heavy atom. The molecule has 0 saturated carbocycles. The molecular weight excluding hydrogens is 277 g/mol. The molecule has 2 aromatic heterocycles. The number of nitrogens with one attached hydrogen (secondary N) is 1. The number of rotatable bonds is 4. The molecule has 0 radical (unpaired) electrons. The molecule has 0 aromatic carbocycles. The van der Waals surface area contributed by atoms with Crippen molar-refractivity contribution in [1.29, 1.82) is 0 Å². The van der Waals surface area contributed by atoms with Crippen LogP contribution in [0, 0.1) is 5.82 Å². The normalized spacial score (nSPS) is 11.4. The first-order valence-corrected chi connectivity index (χ1v) is 7.29. The highest BCUT2D eigenvalue weighted by Gasteiger charge is 2.20. The molecule has 0 spiro atoms. The van der Waals surface area contributed by atoms with Gasteiger partial charge in [-0.25, -0.2) is 12.8 Å². The Kier molecular flexibility index (Phi) is 3.60. The summed E-state index contributed by atoms with van der Waals surface area (Å²) in [6.45, 7) is 0.118. The molecule has 0 amide bonds. The SMILES string of the molecule is NCc1sccc1S(=O)(=O)Nc1ccncc1F. The molecule has 96 valence electrons. The maximum Gasteiger partial charge on any atom is 0.263 e. The molecule has 0 unspecified atom stereocenters. The lowest BCUT2D eigenvalue weighted by atomic mass is 10.4. The number of sulfonamides is 1. The van der Waals surface area contributed by atoms with Gasteiger partial charge in [0.1, 0.15) is 4.90 Å². The van der Waals surface area contributed by atoms with Crippen molar-refractivity contribution in [1.82, 2.24) is 4.98 Å². The van der Waals surface area contributed by atoms with Crippen molar-refractivity contribution >= 4 is 27.0 Å². The lowest BCUT2D eigenvalue weighted by molar-refractivity contribution is 0.597. The van der Waals surface area contributed by atoms with Gasteiger partial charge in [0.05, 0.1) is 11.9 Å². The van der Waals surface area contributed by atoms with Crippen LogP contribution < -0.4 is 10.5 Å². The molecule has 0 aliphatic carbocycles. The summed E-state index contributed by atoms with van der Waals surface area (Å²) < 4.78 is 39.6. The van der Waals surface area contributed by atoms with E-state index in [1.807, 2.05) is 0 Å². The van der Waals surface area contributed by atoms with Crippen molar-refractivity contribution in [3.8, 4) is 0 Å². The number of hydrogen-bond donors (Lipinski definition) is 2. The van der Waals surface area contributed by atoms with Crippen LogP contribution >= 0.6 is 11.3 Å². The lowest BCUT2D eigenvalue weighted by Gasteiger charge is -2.08. The molecule has 5 nitrogen and oxygen atoms in total. The second kappa shape index (κ2) is 5.01. The second-order valence-electron chi connectivity index (χ2n) is 3.37. The zero-order valence-corrected chi connectivity index (χ0v) is 10.8. The van der Waals surface area contributed by atoms with Gasteiger partial charge in [-0.2, -0.15) is 0 Å². The lowest BCUT2D eigenvalue weighted by Crippen LogP contribution is -2.15. The summed E-state index contributed by atoms with van der Waals surface area (Å²) in [6.07, 6.45) is 2.24. The van der Waals surface area contributed by atoms with Gasteiger partial charge in [-0.05, 0) is 17.5 Å². The molecule has 0 atom stereocenters. The average molecular weight is 287 g/mol. The number of halogens is 1. The van der Waals surface area contributed by atoms with Crippen molar-refractivity contribution in [2.45, 2.75) is 11.4 Å². The van der Waals surface area contributed by atoms with Gasteiger partial charge in [-0.3, -0.25) is 9.71 Å². The van der Waals surface area contributed by atoms with Crippen LogP contribution in [0.25, 0.3) is 0 Å². The van der Waals surface area contributed by atoms with Crippen LogP contribution in [-0.2, 0) is 16.6 Å². The summed E-state index contributed by atoms with van der Waals surface area (Å²) >= 11 is 1.24. The predicted octanol–water partition coefficient (Wildman–Crippen LogP) is 1.54. The number of aromatic nitrogens is 1. The van der Waals surface area contributed by atoms with E-state index in [0.29, 0.717) is 4.88 Å². The Morgan fingerprint density at radius 2 is 2.22 bits per heavy atom. The Labute approximate surface area is 108 Å². The quantitative estimate of drug-likeness (QED) is 0.893. The van der Waals surface area contributed by atoms with Crippen LogP contribution in [-0.4, -0.2) is 13.4 Å². The molecule has 0 bridgehead atoms. The molecule has 8 heteroatoms. The molecule has 2 rings (SSSR count). The fourth-order valence-corrected chi connectivity index (χ4v) is 3.78. The first-order valence-electron chi connectivity index (χ1n) is 4.93. The maximum atomic E-state index is 13.3. The van der Waals surface area contributed by atoms with Gasteiger partial charge in [0.2, 0.25) is 0 Å². The van der Waals surface area contributed by atoms with Crippen LogP contribution in [0.3, 0.4) is 0 Å². The zero-order chi connectivity index (χ0) is 13.2. The maximum absolute atomic E-state index is 13.3. The third-order valence-electron chi connectivity index (χ3n) is 2.20. The molecule has 0 aliphatic rings. The van der Waals surface area contributed by atoms with E-state index >= 15 is 0 Å². The Balaban J connectivity index is 2.37. The predicted molar refractivity (Wildman–Crippen MR) is 67.2 cm³/mol. The average Bonchev–Trinajstić information content (AvgIpc) is 2.81. The molecule has 2 heterocycles. The summed E-state index contributed by atoms with van der Waals surface area (Å²) in [6, 6.07) is 2.69. The third kappa shape index (κ3) is 2.50. The topological polar surface area (TPSA) is 85.1 Å². The van der Waals surface area contributed by atoms with Crippen molar-refractivity contribution < 1.29 is 12.8 Å². The smallest absolute Gasteiger partial charge is 0.263 e. The van der Waals surface area contributed by atoms with Gasteiger partial charge < -0.3 is 5.73 Å². The number of pyridine rings is 1. The minimum atomic E-state index is -3.82. The number of nitrogens with zero attached hydrogens (tertiary/aromatic N) is 1. The van der Waals surface area contributed by atoms with Crippen molar-refractivity contribution in [3.63, 3.8) is 0 Å². The van der Waals surface area contributed by atoms with Crippen molar-refractivity contribution in [2.24, 2.45) is 5.73 Å². The zero-order valence-electron chi connectivity index (χ0n) is 9.13. The number of anilines is 1. The van der Waals surface area contributed by atoms with Gasteiger partial charge in [0, 0.05) is 17.6 Å². The minimum absolute atomic E-state index is 0.0752. The molecule has 0 saturated heterocycles. The fraction of sp³-hybridized carbons (Fsp3) is 0.100. The van der Waals surface area contributed by atoms with Gasteiger partial charge >= 0.3 is 0 Å². The van der Waals surface area contributed by atoms with E-state index in [2.05, 4.69) is 9.71 Å². The van der Waals surface area contributed by atoms with E-state index in [9.17, 15) is 12.8 Å². The van der Waals surface area contributed by atoms with Crippen molar-refractivity contribution in [3.05, 3.63) is 40.6 Å². The Bertz CT molecular complexity index is 655. The van der Waals surface area contributed by atoms with E-state index in [0.717, 1.165) is 6.20 Å². The largest absolute Gasteiger partial charge is 0.326 e. The molecule has 2 aromatic rings. The van der Waals surface area contributed by atoms with E-state index in [-0.39, 0.29) is 17.1 Å².